The van der Waals surface area contributed by atoms with Crippen LogP contribution in [0.25, 0.3) is 11.2 Å². The van der Waals surface area contributed by atoms with Gasteiger partial charge in [0, 0.05) is 0 Å². The first-order valence-electron chi connectivity index (χ1n) is 5.89. The van der Waals surface area contributed by atoms with E-state index in [0.717, 1.165) is 0 Å². The number of nitrogens with zero attached hydrogens (tertiary/aromatic N) is 3. The molecule has 0 saturated carbocycles. The molecule has 2 aromatic rings. The first-order chi connectivity index (χ1) is 9.46. The largest absolute Gasteiger partial charge is 0.393 e. The van der Waals surface area contributed by atoms with Crippen molar-refractivity contribution in [2.45, 2.75) is 17.7 Å². The molecule has 106 valence electrons. The lowest BCUT2D eigenvalue weighted by molar-refractivity contribution is -0.0737. The molecule has 9 nitrogen and oxygen atoms in total. The number of rotatable bonds is 2. The van der Waals surface area contributed by atoms with Gasteiger partial charge in [0.1, 0.15) is 11.7 Å². The van der Waals surface area contributed by atoms with Crippen molar-refractivity contribution in [3.05, 3.63) is 28.8 Å². The molecule has 9 heteroatoms. The third-order valence-corrected chi connectivity index (χ3v) is 3.44. The van der Waals surface area contributed by atoms with Crippen LogP contribution in [-0.4, -0.2) is 53.2 Å². The van der Waals surface area contributed by atoms with E-state index in [2.05, 4.69) is 15.0 Å². The lowest BCUT2D eigenvalue weighted by atomic mass is 10.00. The molecule has 3 atom stereocenters. The standard InChI is InChI=1S/C11H13N5O4/c12-10-14-8-6(9(19)15-10)13-4-16(8)5-1-2-11(20,3-17)7(5)18/h1-2,4-5,7,17-18,20H,3H2,(H3,12,14,15,19)/t5-,7+,11+/m1/s1. The monoisotopic (exact) mass is 279 g/mol. The number of anilines is 1. The molecule has 0 unspecified atom stereocenters. The Balaban J connectivity index is 2.13. The predicted molar refractivity (Wildman–Crippen MR) is 68.8 cm³/mol. The van der Waals surface area contributed by atoms with Gasteiger partial charge in [-0.25, -0.2) is 4.98 Å². The summed E-state index contributed by atoms with van der Waals surface area (Å²) in [5.74, 6) is -0.0712. The Kier molecular flexibility index (Phi) is 2.64. The highest BCUT2D eigenvalue weighted by Gasteiger charge is 2.43. The highest BCUT2D eigenvalue weighted by atomic mass is 16.4. The van der Waals surface area contributed by atoms with Gasteiger partial charge in [-0.05, 0) is 6.08 Å². The summed E-state index contributed by atoms with van der Waals surface area (Å²) in [7, 11) is 0. The Labute approximate surface area is 112 Å². The summed E-state index contributed by atoms with van der Waals surface area (Å²) in [6, 6.07) is -0.703. The van der Waals surface area contributed by atoms with Crippen LogP contribution in [0.15, 0.2) is 23.3 Å². The van der Waals surface area contributed by atoms with Crippen LogP contribution in [0, 0.1) is 0 Å². The second kappa shape index (κ2) is 4.13. The number of H-pyrrole nitrogens is 1. The van der Waals surface area contributed by atoms with Crippen LogP contribution in [0.1, 0.15) is 6.04 Å². The van der Waals surface area contributed by atoms with Crippen LogP contribution < -0.4 is 11.3 Å². The average Bonchev–Trinajstić information content (AvgIpc) is 2.93. The number of aromatic nitrogens is 4. The lowest BCUT2D eigenvalue weighted by Crippen LogP contribution is -2.44. The molecule has 6 N–H and O–H groups in total. The van der Waals surface area contributed by atoms with E-state index in [0.29, 0.717) is 0 Å². The first kappa shape index (κ1) is 12.8. The van der Waals surface area contributed by atoms with Crippen LogP contribution in [0.5, 0.6) is 0 Å². The zero-order chi connectivity index (χ0) is 14.5. The molecular weight excluding hydrogens is 266 g/mol. The zero-order valence-corrected chi connectivity index (χ0v) is 10.3. The Morgan fingerprint density at radius 1 is 1.55 bits per heavy atom. The SMILES string of the molecule is Nc1nc2c(ncn2[C@@H]2C=C[C@](O)(CO)[C@H]2O)c(=O)[nH]1. The summed E-state index contributed by atoms with van der Waals surface area (Å²) in [5.41, 5.74) is 3.55. The minimum atomic E-state index is -1.73. The van der Waals surface area contributed by atoms with Crippen molar-refractivity contribution >= 4 is 17.1 Å². The Hall–Kier alpha value is -2.23. The zero-order valence-electron chi connectivity index (χ0n) is 10.3. The fourth-order valence-corrected chi connectivity index (χ4v) is 2.32. The van der Waals surface area contributed by atoms with Gasteiger partial charge >= 0.3 is 0 Å². The number of nitrogen functional groups attached to an aromatic ring is 1. The average molecular weight is 279 g/mol. The molecule has 0 fully saturated rings. The quantitative estimate of drug-likeness (QED) is 0.395. The number of nitrogens with one attached hydrogen (secondary N) is 1. The summed E-state index contributed by atoms with van der Waals surface area (Å²) in [5, 5.41) is 29.2. The summed E-state index contributed by atoms with van der Waals surface area (Å²) in [6.45, 7) is -0.621. The Morgan fingerprint density at radius 3 is 2.95 bits per heavy atom. The summed E-state index contributed by atoms with van der Waals surface area (Å²) < 4.78 is 1.43. The van der Waals surface area contributed by atoms with Crippen molar-refractivity contribution < 1.29 is 15.3 Å². The smallest absolute Gasteiger partial charge is 0.280 e. The third kappa shape index (κ3) is 1.64. The molecule has 0 bridgehead atoms. The molecule has 0 aliphatic heterocycles. The molecule has 1 aliphatic carbocycles. The second-order valence-corrected chi connectivity index (χ2v) is 4.72. The van der Waals surface area contributed by atoms with Gasteiger partial charge in [-0.3, -0.25) is 9.78 Å². The van der Waals surface area contributed by atoms with E-state index >= 15 is 0 Å². The maximum atomic E-state index is 11.7. The summed E-state index contributed by atoms with van der Waals surface area (Å²) in [4.78, 5) is 21.9. The topological polar surface area (TPSA) is 150 Å². The van der Waals surface area contributed by atoms with Crippen LogP contribution in [0.2, 0.25) is 0 Å². The minimum absolute atomic E-state index is 0.0712. The molecule has 0 amide bonds. The molecule has 1 aliphatic rings. The molecule has 20 heavy (non-hydrogen) atoms. The van der Waals surface area contributed by atoms with E-state index in [1.807, 2.05) is 0 Å². The van der Waals surface area contributed by atoms with Crippen molar-refractivity contribution in [3.8, 4) is 0 Å². The van der Waals surface area contributed by atoms with Crippen LogP contribution in [-0.2, 0) is 0 Å². The normalized spacial score (nSPS) is 29.4. The van der Waals surface area contributed by atoms with Gasteiger partial charge in [-0.1, -0.05) is 6.08 Å². The van der Waals surface area contributed by atoms with Crippen molar-refractivity contribution in [2.24, 2.45) is 0 Å². The number of nitrogens with two attached hydrogens (primary N) is 1. The second-order valence-electron chi connectivity index (χ2n) is 4.72. The fraction of sp³-hybridized carbons (Fsp3) is 0.364. The third-order valence-electron chi connectivity index (χ3n) is 3.44. The number of hydrogen-bond acceptors (Lipinski definition) is 7. The van der Waals surface area contributed by atoms with Gasteiger partial charge in [0.25, 0.3) is 5.56 Å². The maximum absolute atomic E-state index is 11.7. The van der Waals surface area contributed by atoms with Crippen molar-refractivity contribution in [3.63, 3.8) is 0 Å². The van der Waals surface area contributed by atoms with Gasteiger partial charge in [-0.2, -0.15) is 4.98 Å². The Bertz CT molecular complexity index is 751. The van der Waals surface area contributed by atoms with Crippen LogP contribution in [0.4, 0.5) is 5.95 Å². The number of fused-ring (bicyclic) bond motifs is 1. The lowest BCUT2D eigenvalue weighted by Gasteiger charge is -2.27. The van der Waals surface area contributed by atoms with Crippen molar-refractivity contribution in [1.82, 2.24) is 19.5 Å². The van der Waals surface area contributed by atoms with Gasteiger partial charge in [0.15, 0.2) is 11.2 Å². The van der Waals surface area contributed by atoms with E-state index < -0.39 is 29.9 Å². The number of aliphatic hydroxyl groups is 3. The van der Waals surface area contributed by atoms with Crippen LogP contribution >= 0.6 is 0 Å². The van der Waals surface area contributed by atoms with Gasteiger partial charge < -0.3 is 25.6 Å². The van der Waals surface area contributed by atoms with Crippen LogP contribution in [0.3, 0.4) is 0 Å². The molecule has 0 radical (unpaired) electrons. The van der Waals surface area contributed by atoms with E-state index in [1.54, 1.807) is 0 Å². The highest BCUT2D eigenvalue weighted by molar-refractivity contribution is 5.70. The molecular formula is C11H13N5O4. The van der Waals surface area contributed by atoms with E-state index in [1.165, 1.54) is 23.0 Å². The van der Waals surface area contributed by atoms with Gasteiger partial charge in [0.2, 0.25) is 5.95 Å². The Morgan fingerprint density at radius 2 is 2.30 bits per heavy atom. The molecule has 0 spiro atoms. The van der Waals surface area contributed by atoms with E-state index in [-0.39, 0.29) is 17.1 Å². The summed E-state index contributed by atoms with van der Waals surface area (Å²) >= 11 is 0. The fourth-order valence-electron chi connectivity index (χ4n) is 2.32. The molecule has 3 rings (SSSR count). The highest BCUT2D eigenvalue weighted by Crippen LogP contribution is 2.32. The number of aliphatic hydroxyl groups excluding tert-OH is 2. The van der Waals surface area contributed by atoms with Gasteiger partial charge in [-0.15, -0.1) is 0 Å². The van der Waals surface area contributed by atoms with E-state index in [4.69, 9.17) is 10.8 Å². The van der Waals surface area contributed by atoms with Gasteiger partial charge in [0.05, 0.1) is 19.0 Å². The molecule has 2 aromatic heterocycles. The minimum Gasteiger partial charge on any atom is -0.393 e. The van der Waals surface area contributed by atoms with Crippen molar-refractivity contribution in [1.29, 1.82) is 0 Å². The number of imidazole rings is 1. The maximum Gasteiger partial charge on any atom is 0.280 e. The molecule has 2 heterocycles. The predicted octanol–water partition coefficient (Wildman–Crippen LogP) is -2.10. The molecule has 0 aromatic carbocycles. The van der Waals surface area contributed by atoms with Crippen molar-refractivity contribution in [2.75, 3.05) is 12.3 Å². The van der Waals surface area contributed by atoms with E-state index in [9.17, 15) is 15.0 Å². The first-order valence-corrected chi connectivity index (χ1v) is 5.89. The summed E-state index contributed by atoms with van der Waals surface area (Å²) in [6.07, 6.45) is 2.87. The number of hydrogen-bond donors (Lipinski definition) is 5. The number of aromatic amines is 1. The molecule has 0 saturated heterocycles.